The highest BCUT2D eigenvalue weighted by molar-refractivity contribution is 7.89. The molecule has 0 saturated carbocycles. The predicted octanol–water partition coefficient (Wildman–Crippen LogP) is 2.57. The molecule has 2 N–H and O–H groups in total. The molecule has 0 aromatic heterocycles. The third kappa shape index (κ3) is 8.14. The summed E-state index contributed by atoms with van der Waals surface area (Å²) in [5, 5.41) is 8.82. The van der Waals surface area contributed by atoms with Crippen LogP contribution in [-0.2, 0) is 21.2 Å². The number of carbonyl (C=O) groups is 1. The molecule has 5 nitrogen and oxygen atoms in total. The van der Waals surface area contributed by atoms with Crippen molar-refractivity contribution in [3.05, 3.63) is 35.9 Å². The number of sulfonamides is 1. The monoisotopic (exact) mass is 327 g/mol. The Morgan fingerprint density at radius 3 is 2.50 bits per heavy atom. The minimum absolute atomic E-state index is 0.0466. The molecule has 1 atom stereocenters. The maximum Gasteiger partial charge on any atom is 0.303 e. The summed E-state index contributed by atoms with van der Waals surface area (Å²) in [7, 11) is -3.36. The second-order valence-electron chi connectivity index (χ2n) is 5.46. The molecule has 1 aromatic carbocycles. The maximum atomic E-state index is 12.1. The van der Waals surface area contributed by atoms with Gasteiger partial charge < -0.3 is 5.11 Å². The van der Waals surface area contributed by atoms with E-state index in [2.05, 4.69) is 4.72 Å². The topological polar surface area (TPSA) is 83.5 Å². The number of rotatable bonds is 11. The molecule has 0 fully saturated rings. The van der Waals surface area contributed by atoms with Gasteiger partial charge in [0, 0.05) is 12.5 Å². The summed E-state index contributed by atoms with van der Waals surface area (Å²) in [6, 6.07) is 9.12. The third-order valence-electron chi connectivity index (χ3n) is 3.39. The van der Waals surface area contributed by atoms with E-state index < -0.39 is 16.0 Å². The summed E-state index contributed by atoms with van der Waals surface area (Å²) in [4.78, 5) is 10.8. The lowest BCUT2D eigenvalue weighted by molar-refractivity contribution is -0.137. The van der Waals surface area contributed by atoms with E-state index in [1.54, 1.807) is 0 Å². The highest BCUT2D eigenvalue weighted by atomic mass is 32.2. The van der Waals surface area contributed by atoms with Gasteiger partial charge in [0.25, 0.3) is 0 Å². The van der Waals surface area contributed by atoms with Crippen LogP contribution < -0.4 is 4.72 Å². The number of carboxylic acids is 1. The Hall–Kier alpha value is -1.40. The third-order valence-corrected chi connectivity index (χ3v) is 4.91. The minimum Gasteiger partial charge on any atom is -0.481 e. The Morgan fingerprint density at radius 2 is 1.91 bits per heavy atom. The molecule has 6 heteroatoms. The number of benzene rings is 1. The Morgan fingerprint density at radius 1 is 1.23 bits per heavy atom. The number of hydrogen-bond donors (Lipinski definition) is 2. The summed E-state index contributed by atoms with van der Waals surface area (Å²) >= 11 is 0. The first kappa shape index (κ1) is 18.6. The van der Waals surface area contributed by atoms with E-state index in [1.807, 2.05) is 37.3 Å². The van der Waals surface area contributed by atoms with Gasteiger partial charge in [-0.3, -0.25) is 4.79 Å². The van der Waals surface area contributed by atoms with Crippen LogP contribution in [-0.4, -0.2) is 31.3 Å². The van der Waals surface area contributed by atoms with Crippen LogP contribution in [0.5, 0.6) is 0 Å². The van der Waals surface area contributed by atoms with Crippen molar-refractivity contribution in [3.63, 3.8) is 0 Å². The van der Waals surface area contributed by atoms with Gasteiger partial charge in [0.15, 0.2) is 0 Å². The van der Waals surface area contributed by atoms with Gasteiger partial charge in [0.2, 0.25) is 10.0 Å². The Kier molecular flexibility index (Phi) is 8.12. The van der Waals surface area contributed by atoms with Gasteiger partial charge >= 0.3 is 5.97 Å². The molecule has 1 unspecified atom stereocenters. The number of carboxylic acid groups (broad SMARTS) is 1. The first-order valence-corrected chi connectivity index (χ1v) is 9.34. The number of hydrogen-bond acceptors (Lipinski definition) is 3. The molecule has 0 spiro atoms. The summed E-state index contributed by atoms with van der Waals surface area (Å²) in [6.07, 6.45) is 3.21. The highest BCUT2D eigenvalue weighted by Gasteiger charge is 2.19. The van der Waals surface area contributed by atoms with Crippen LogP contribution in [0.25, 0.3) is 0 Å². The van der Waals surface area contributed by atoms with Crippen molar-refractivity contribution in [1.29, 1.82) is 0 Å². The van der Waals surface area contributed by atoms with Crippen LogP contribution in [0.15, 0.2) is 30.3 Å². The van der Waals surface area contributed by atoms with Crippen LogP contribution in [0, 0.1) is 0 Å². The summed E-state index contributed by atoms with van der Waals surface area (Å²) < 4.78 is 26.8. The molecule has 0 aliphatic carbocycles. The second kappa shape index (κ2) is 9.58. The van der Waals surface area contributed by atoms with Crippen molar-refractivity contribution in [3.8, 4) is 0 Å². The van der Waals surface area contributed by atoms with Gasteiger partial charge in [0.1, 0.15) is 0 Å². The van der Waals surface area contributed by atoms with Crippen molar-refractivity contribution in [2.75, 3.05) is 5.75 Å². The molecule has 1 rings (SSSR count). The quantitative estimate of drug-likeness (QED) is 0.612. The second-order valence-corrected chi connectivity index (χ2v) is 7.34. The molecule has 124 valence electrons. The molecule has 0 aliphatic rings. The van der Waals surface area contributed by atoms with Crippen LogP contribution in [0.2, 0.25) is 0 Å². The fraction of sp³-hybridized carbons (Fsp3) is 0.562. The lowest BCUT2D eigenvalue weighted by atomic mass is 10.0. The van der Waals surface area contributed by atoms with E-state index in [4.69, 9.17) is 5.11 Å². The fourth-order valence-electron chi connectivity index (χ4n) is 2.25. The van der Waals surface area contributed by atoms with Crippen molar-refractivity contribution < 1.29 is 18.3 Å². The Bertz CT molecular complexity index is 543. The number of nitrogens with one attached hydrogen (secondary N) is 1. The summed E-state index contributed by atoms with van der Waals surface area (Å²) in [5.74, 6) is -0.817. The number of unbranched alkanes of at least 4 members (excludes halogenated alkanes) is 2. The zero-order valence-electron chi connectivity index (χ0n) is 13.0. The first-order chi connectivity index (χ1) is 10.4. The zero-order chi connectivity index (χ0) is 16.4. The van der Waals surface area contributed by atoms with Gasteiger partial charge in [-0.2, -0.15) is 0 Å². The SMILES string of the molecule is CCCCCS(=O)(=O)NC(CCC(=O)O)Cc1ccccc1. The minimum atomic E-state index is -3.36. The van der Waals surface area contributed by atoms with Crippen LogP contribution in [0.4, 0.5) is 0 Å². The average molecular weight is 327 g/mol. The number of aliphatic carboxylic acids is 1. The summed E-state index contributed by atoms with van der Waals surface area (Å²) in [5.41, 5.74) is 0.995. The molecule has 1 aromatic rings. The van der Waals surface area contributed by atoms with Gasteiger partial charge in [-0.1, -0.05) is 50.1 Å². The molecule has 22 heavy (non-hydrogen) atoms. The van der Waals surface area contributed by atoms with Crippen LogP contribution in [0.1, 0.15) is 44.6 Å². The average Bonchev–Trinajstić information content (AvgIpc) is 2.45. The lowest BCUT2D eigenvalue weighted by Crippen LogP contribution is -2.38. The van der Waals surface area contributed by atoms with E-state index >= 15 is 0 Å². The van der Waals surface area contributed by atoms with Crippen molar-refractivity contribution in [2.45, 2.75) is 51.5 Å². The molecule has 0 bridgehead atoms. The molecule has 0 heterocycles. The molecular formula is C16H25NO4S. The zero-order valence-corrected chi connectivity index (χ0v) is 13.8. The van der Waals surface area contributed by atoms with Gasteiger partial charge in [0.05, 0.1) is 5.75 Å². The van der Waals surface area contributed by atoms with E-state index in [0.717, 1.165) is 18.4 Å². The van der Waals surface area contributed by atoms with E-state index in [0.29, 0.717) is 12.8 Å². The smallest absolute Gasteiger partial charge is 0.303 e. The van der Waals surface area contributed by atoms with Crippen molar-refractivity contribution in [2.24, 2.45) is 0 Å². The maximum absolute atomic E-state index is 12.1. The molecule has 0 amide bonds. The van der Waals surface area contributed by atoms with E-state index in [-0.39, 0.29) is 24.6 Å². The standard InChI is InChI=1S/C16H25NO4S/c1-2-3-7-12-22(20,21)17-15(10-11-16(18)19)13-14-8-5-4-6-9-14/h4-6,8-9,15,17H,2-3,7,10-13H2,1H3,(H,18,19). The molecule has 0 saturated heterocycles. The Labute approximate surface area is 132 Å². The van der Waals surface area contributed by atoms with E-state index in [9.17, 15) is 13.2 Å². The molecule has 0 radical (unpaired) electrons. The first-order valence-electron chi connectivity index (χ1n) is 7.68. The predicted molar refractivity (Wildman–Crippen MR) is 87.3 cm³/mol. The molecule has 0 aliphatic heterocycles. The van der Waals surface area contributed by atoms with Gasteiger partial charge in [-0.25, -0.2) is 13.1 Å². The largest absolute Gasteiger partial charge is 0.481 e. The van der Waals surface area contributed by atoms with Crippen molar-refractivity contribution in [1.82, 2.24) is 4.72 Å². The summed E-state index contributed by atoms with van der Waals surface area (Å²) in [6.45, 7) is 2.02. The van der Waals surface area contributed by atoms with Crippen LogP contribution in [0.3, 0.4) is 0 Å². The van der Waals surface area contributed by atoms with E-state index in [1.165, 1.54) is 0 Å². The van der Waals surface area contributed by atoms with Gasteiger partial charge in [-0.05, 0) is 24.8 Å². The Balaban J connectivity index is 2.66. The van der Waals surface area contributed by atoms with Gasteiger partial charge in [-0.15, -0.1) is 0 Å². The highest BCUT2D eigenvalue weighted by Crippen LogP contribution is 2.10. The van der Waals surface area contributed by atoms with Crippen LogP contribution >= 0.6 is 0 Å². The lowest BCUT2D eigenvalue weighted by Gasteiger charge is -2.18. The molecular weight excluding hydrogens is 302 g/mol. The normalized spacial score (nSPS) is 13.0. The van der Waals surface area contributed by atoms with Crippen molar-refractivity contribution >= 4 is 16.0 Å². The fourth-order valence-corrected chi connectivity index (χ4v) is 3.66.